The molecular weight excluding hydrogens is 441 g/mol. The average Bonchev–Trinajstić information content (AvgIpc) is 2.70. The highest BCUT2D eigenvalue weighted by Crippen LogP contribution is 2.36. The molecule has 1 aliphatic carbocycles. The molecule has 3 rings (SSSR count). The molecule has 2 aromatic rings. The lowest BCUT2D eigenvalue weighted by Gasteiger charge is -2.29. The highest BCUT2D eigenvalue weighted by atomic mass is 35.5. The molecule has 30 heavy (non-hydrogen) atoms. The number of nitrogens with zero attached hydrogens (tertiary/aromatic N) is 4. The van der Waals surface area contributed by atoms with Crippen LogP contribution in [0, 0.1) is 0 Å². The van der Waals surface area contributed by atoms with E-state index in [4.69, 9.17) is 38.4 Å². The van der Waals surface area contributed by atoms with Crippen LogP contribution in [0.5, 0.6) is 11.8 Å². The second-order valence-corrected chi connectivity index (χ2v) is 7.08. The van der Waals surface area contributed by atoms with Crippen LogP contribution in [0.15, 0.2) is 12.7 Å². The molecule has 8 nitrogen and oxygen atoms in total. The van der Waals surface area contributed by atoms with Gasteiger partial charge in [0.1, 0.15) is 24.0 Å². The van der Waals surface area contributed by atoms with E-state index in [1.54, 1.807) is 0 Å². The van der Waals surface area contributed by atoms with Crippen molar-refractivity contribution in [2.75, 3.05) is 24.3 Å². The Morgan fingerprint density at radius 2 is 1.53 bits per heavy atom. The van der Waals surface area contributed by atoms with Crippen molar-refractivity contribution < 1.29 is 18.3 Å². The Labute approximate surface area is 183 Å². The van der Waals surface area contributed by atoms with Gasteiger partial charge in [-0.05, 0) is 26.7 Å². The van der Waals surface area contributed by atoms with Crippen LogP contribution in [0.25, 0.3) is 0 Å². The molecule has 2 heterocycles. The number of anilines is 2. The van der Waals surface area contributed by atoms with E-state index in [0.29, 0.717) is 43.5 Å². The molecule has 1 saturated carbocycles. The van der Waals surface area contributed by atoms with Gasteiger partial charge in [-0.15, -0.1) is 0 Å². The van der Waals surface area contributed by atoms with Gasteiger partial charge in [0.25, 0.3) is 0 Å². The van der Waals surface area contributed by atoms with Crippen LogP contribution in [-0.2, 0) is 0 Å². The number of hydrogen-bond donors (Lipinski definition) is 2. The topological polar surface area (TPSA) is 108 Å². The molecule has 0 amide bonds. The van der Waals surface area contributed by atoms with Crippen molar-refractivity contribution >= 4 is 34.6 Å². The Kier molecular flexibility index (Phi) is 9.04. The molecule has 166 valence electrons. The molecule has 3 N–H and O–H groups in total. The maximum Gasteiger partial charge on any atom is 0.248 e. The Morgan fingerprint density at radius 3 is 2.13 bits per heavy atom. The van der Waals surface area contributed by atoms with E-state index in [-0.39, 0.29) is 34.9 Å². The van der Waals surface area contributed by atoms with E-state index < -0.39 is 5.92 Å². The first-order valence-corrected chi connectivity index (χ1v) is 10.2. The zero-order chi connectivity index (χ0) is 22.1. The number of hydrogen-bond acceptors (Lipinski definition) is 8. The molecular formula is C18H24Cl2F2N6O2. The Morgan fingerprint density at radius 1 is 1.00 bits per heavy atom. The van der Waals surface area contributed by atoms with E-state index in [0.717, 1.165) is 0 Å². The summed E-state index contributed by atoms with van der Waals surface area (Å²) in [6.45, 7) is 4.64. The van der Waals surface area contributed by atoms with Gasteiger partial charge in [-0.25, -0.2) is 18.7 Å². The maximum absolute atomic E-state index is 13.1. The number of rotatable bonds is 6. The summed E-state index contributed by atoms with van der Waals surface area (Å²) >= 11 is 11.6. The summed E-state index contributed by atoms with van der Waals surface area (Å²) in [5.41, 5.74) is 6.26. The molecule has 0 aromatic carbocycles. The SMILES string of the molecule is CCOc1ncnc(Cl)c1N.CCOc1ncnc(Cl)c1NC1CCC(F)(F)CC1. The molecule has 0 saturated heterocycles. The summed E-state index contributed by atoms with van der Waals surface area (Å²) in [5.74, 6) is -1.84. The van der Waals surface area contributed by atoms with E-state index >= 15 is 0 Å². The number of halogens is 4. The van der Waals surface area contributed by atoms with Gasteiger partial charge < -0.3 is 20.5 Å². The Balaban J connectivity index is 0.000000248. The van der Waals surface area contributed by atoms with Gasteiger partial charge in [0.05, 0.1) is 13.2 Å². The fourth-order valence-electron chi connectivity index (χ4n) is 2.72. The van der Waals surface area contributed by atoms with Gasteiger partial charge in [-0.2, -0.15) is 9.97 Å². The predicted molar refractivity (Wildman–Crippen MR) is 112 cm³/mol. The first-order chi connectivity index (χ1) is 14.3. The van der Waals surface area contributed by atoms with Gasteiger partial charge in [0.15, 0.2) is 10.3 Å². The maximum atomic E-state index is 13.1. The standard InChI is InChI=1S/C12H16ClF2N3O.C6H8ClN3O/c1-2-19-11-9(10(13)16-7-17-11)18-8-3-5-12(14,15)6-4-8;1-2-11-6-4(8)5(7)9-3-10-6/h7-8,18H,2-6H2,1H3;3H,2,8H2,1H3. The lowest BCUT2D eigenvalue weighted by atomic mass is 9.92. The zero-order valence-corrected chi connectivity index (χ0v) is 18.2. The highest BCUT2D eigenvalue weighted by molar-refractivity contribution is 6.32. The predicted octanol–water partition coefficient (Wildman–Crippen LogP) is 4.63. The quantitative estimate of drug-likeness (QED) is 0.595. The van der Waals surface area contributed by atoms with Crippen LogP contribution in [-0.4, -0.2) is 45.1 Å². The number of aromatic nitrogens is 4. The van der Waals surface area contributed by atoms with Crippen LogP contribution in [0.2, 0.25) is 10.3 Å². The molecule has 0 spiro atoms. The summed E-state index contributed by atoms with van der Waals surface area (Å²) in [6, 6.07) is -0.0534. The van der Waals surface area contributed by atoms with Crippen LogP contribution >= 0.6 is 23.2 Å². The first-order valence-electron chi connectivity index (χ1n) is 9.43. The minimum absolute atomic E-state index is 0.0534. The molecule has 1 fully saturated rings. The Hall–Kier alpha value is -2.20. The van der Waals surface area contributed by atoms with E-state index in [1.807, 2.05) is 13.8 Å². The van der Waals surface area contributed by atoms with Crippen molar-refractivity contribution in [2.45, 2.75) is 51.5 Å². The van der Waals surface area contributed by atoms with Gasteiger partial charge in [-0.1, -0.05) is 23.2 Å². The third-order valence-electron chi connectivity index (χ3n) is 4.19. The molecule has 0 radical (unpaired) electrons. The summed E-state index contributed by atoms with van der Waals surface area (Å²) in [5, 5.41) is 3.60. The summed E-state index contributed by atoms with van der Waals surface area (Å²) in [6.07, 6.45) is 3.19. The zero-order valence-electron chi connectivity index (χ0n) is 16.7. The third-order valence-corrected chi connectivity index (χ3v) is 4.78. The monoisotopic (exact) mass is 464 g/mol. The first kappa shape index (κ1) is 24.1. The summed E-state index contributed by atoms with van der Waals surface area (Å²) in [4.78, 5) is 15.3. The molecule has 12 heteroatoms. The largest absolute Gasteiger partial charge is 0.476 e. The van der Waals surface area contributed by atoms with E-state index in [1.165, 1.54) is 12.7 Å². The second-order valence-electron chi connectivity index (χ2n) is 6.37. The van der Waals surface area contributed by atoms with Crippen molar-refractivity contribution in [1.82, 2.24) is 19.9 Å². The lowest BCUT2D eigenvalue weighted by Crippen LogP contribution is -2.32. The molecule has 2 aromatic heterocycles. The Bertz CT molecular complexity index is 821. The molecule has 0 atom stereocenters. The van der Waals surface area contributed by atoms with Crippen LogP contribution < -0.4 is 20.5 Å². The molecule has 1 aliphatic rings. The molecule has 0 bridgehead atoms. The minimum Gasteiger partial charge on any atom is -0.476 e. The lowest BCUT2D eigenvalue weighted by molar-refractivity contribution is -0.0361. The van der Waals surface area contributed by atoms with Gasteiger partial charge in [0, 0.05) is 18.9 Å². The molecule has 0 aliphatic heterocycles. The number of nitrogens with two attached hydrogens (primary N) is 1. The van der Waals surface area contributed by atoms with Gasteiger partial charge in [-0.3, -0.25) is 0 Å². The molecule has 0 unspecified atom stereocenters. The van der Waals surface area contributed by atoms with Crippen molar-refractivity contribution in [3.63, 3.8) is 0 Å². The van der Waals surface area contributed by atoms with E-state index in [9.17, 15) is 8.78 Å². The number of nitrogens with one attached hydrogen (secondary N) is 1. The van der Waals surface area contributed by atoms with Gasteiger partial charge in [0.2, 0.25) is 17.7 Å². The number of alkyl halides is 2. The van der Waals surface area contributed by atoms with Crippen molar-refractivity contribution in [1.29, 1.82) is 0 Å². The minimum atomic E-state index is -2.54. The van der Waals surface area contributed by atoms with Gasteiger partial charge >= 0.3 is 0 Å². The normalized spacial score (nSPS) is 15.7. The van der Waals surface area contributed by atoms with E-state index in [2.05, 4.69) is 25.3 Å². The van der Waals surface area contributed by atoms with Crippen molar-refractivity contribution in [3.8, 4) is 11.8 Å². The number of ether oxygens (including phenoxy) is 2. The van der Waals surface area contributed by atoms with Crippen LogP contribution in [0.3, 0.4) is 0 Å². The van der Waals surface area contributed by atoms with Crippen molar-refractivity contribution in [2.24, 2.45) is 0 Å². The number of nitrogen functional groups attached to an aromatic ring is 1. The summed E-state index contributed by atoms with van der Waals surface area (Å²) < 4.78 is 36.6. The average molecular weight is 465 g/mol. The fourth-order valence-corrected chi connectivity index (χ4v) is 3.02. The second kappa shape index (κ2) is 11.3. The highest BCUT2D eigenvalue weighted by Gasteiger charge is 2.35. The third kappa shape index (κ3) is 6.94. The summed E-state index contributed by atoms with van der Waals surface area (Å²) in [7, 11) is 0. The van der Waals surface area contributed by atoms with Crippen LogP contribution in [0.4, 0.5) is 20.2 Å². The smallest absolute Gasteiger partial charge is 0.248 e. The fraction of sp³-hybridized carbons (Fsp3) is 0.556. The van der Waals surface area contributed by atoms with Crippen LogP contribution in [0.1, 0.15) is 39.5 Å². The van der Waals surface area contributed by atoms with Crippen molar-refractivity contribution in [3.05, 3.63) is 23.0 Å².